The molecule has 0 aromatic heterocycles. The second-order valence-electron chi connectivity index (χ2n) is 4.10. The maximum atomic E-state index is 2.43. The molecule has 0 radical (unpaired) electrons. The molecule has 2 atom stereocenters. The van der Waals surface area contributed by atoms with Crippen LogP contribution >= 0.6 is 0 Å². The molecule has 74 valence electrons. The van der Waals surface area contributed by atoms with E-state index in [-0.39, 0.29) is 0 Å². The molecule has 0 N–H and O–H groups in total. The minimum atomic E-state index is 0.544. The lowest BCUT2D eigenvalue weighted by Gasteiger charge is -2.21. The predicted molar refractivity (Wildman–Crippen MR) is 62.0 cm³/mol. The molecule has 14 heavy (non-hydrogen) atoms. The molecule has 0 fully saturated rings. The van der Waals surface area contributed by atoms with Crippen molar-refractivity contribution in [3.63, 3.8) is 0 Å². The molecule has 2 bridgehead atoms. The zero-order valence-corrected chi connectivity index (χ0v) is 8.82. The third-order valence-electron chi connectivity index (χ3n) is 2.96. The van der Waals surface area contributed by atoms with Gasteiger partial charge in [0, 0.05) is 11.8 Å². The van der Waals surface area contributed by atoms with E-state index in [2.05, 4.69) is 49.5 Å². The Morgan fingerprint density at radius 2 is 1.93 bits per heavy atom. The Balaban J connectivity index is 2.14. The minimum absolute atomic E-state index is 0.544. The quantitative estimate of drug-likeness (QED) is 0.584. The van der Waals surface area contributed by atoms with E-state index < -0.39 is 0 Å². The summed E-state index contributed by atoms with van der Waals surface area (Å²) in [4.78, 5) is 0. The summed E-state index contributed by atoms with van der Waals surface area (Å²) in [5, 5.41) is 0. The van der Waals surface area contributed by atoms with Gasteiger partial charge < -0.3 is 0 Å². The van der Waals surface area contributed by atoms with Gasteiger partial charge in [0.1, 0.15) is 0 Å². The summed E-state index contributed by atoms with van der Waals surface area (Å²) in [7, 11) is 0. The second kappa shape index (κ2) is 4.45. The molecular weight excluding hydrogens is 168 g/mol. The second-order valence-corrected chi connectivity index (χ2v) is 4.10. The summed E-state index contributed by atoms with van der Waals surface area (Å²) in [5.74, 6) is 1.12. The van der Waals surface area contributed by atoms with Gasteiger partial charge >= 0.3 is 0 Å². The molecule has 0 saturated heterocycles. The molecule has 0 nitrogen and oxygen atoms in total. The summed E-state index contributed by atoms with van der Waals surface area (Å²) in [6.45, 7) is 2.26. The van der Waals surface area contributed by atoms with Crippen molar-refractivity contribution in [3.8, 4) is 0 Å². The van der Waals surface area contributed by atoms with Gasteiger partial charge in [0.05, 0.1) is 0 Å². The Bertz CT molecular complexity index is 302. The van der Waals surface area contributed by atoms with Crippen molar-refractivity contribution in [1.82, 2.24) is 0 Å². The molecular formula is C14H18. The van der Waals surface area contributed by atoms with Crippen molar-refractivity contribution in [2.24, 2.45) is 11.8 Å². The standard InChI is InChI=1S/C14H18/c1-2-3-7-14-11-12-6-4-5-8-13(14)10-9-12/h4-6,8-13H,2-3,7H2,1H3/b6-4?,8-5-/t12-,13+/m0/s1. The van der Waals surface area contributed by atoms with Crippen molar-refractivity contribution >= 4 is 0 Å². The van der Waals surface area contributed by atoms with Crippen LogP contribution < -0.4 is 0 Å². The number of fused-ring (bicyclic) bond motifs is 1. The van der Waals surface area contributed by atoms with E-state index in [0.29, 0.717) is 11.8 Å². The van der Waals surface area contributed by atoms with Gasteiger partial charge in [-0.15, -0.1) is 0 Å². The van der Waals surface area contributed by atoms with Gasteiger partial charge in [-0.05, 0) is 12.8 Å². The fourth-order valence-electron chi connectivity index (χ4n) is 2.10. The van der Waals surface area contributed by atoms with Gasteiger partial charge in [-0.2, -0.15) is 0 Å². The monoisotopic (exact) mass is 186 g/mol. The number of unbranched alkanes of at least 4 members (excludes halogenated alkanes) is 1. The summed E-state index contributed by atoms with van der Waals surface area (Å²) in [6.07, 6.45) is 19.8. The third kappa shape index (κ3) is 2.06. The van der Waals surface area contributed by atoms with E-state index in [9.17, 15) is 0 Å². The molecule has 3 aliphatic carbocycles. The average Bonchev–Trinajstić information content (AvgIpc) is 2.16. The topological polar surface area (TPSA) is 0 Å². The van der Waals surface area contributed by atoms with Gasteiger partial charge in [0.25, 0.3) is 0 Å². The highest BCUT2D eigenvalue weighted by Crippen LogP contribution is 2.29. The zero-order chi connectivity index (χ0) is 9.80. The van der Waals surface area contributed by atoms with Crippen LogP contribution in [0.5, 0.6) is 0 Å². The number of rotatable bonds is 3. The van der Waals surface area contributed by atoms with Crippen LogP contribution in [-0.2, 0) is 0 Å². The molecule has 0 saturated carbocycles. The Labute approximate surface area is 86.7 Å². The maximum Gasteiger partial charge on any atom is 0.0161 e. The third-order valence-corrected chi connectivity index (χ3v) is 2.96. The summed E-state index contributed by atoms with van der Waals surface area (Å²) >= 11 is 0. The highest BCUT2D eigenvalue weighted by molar-refractivity contribution is 5.33. The Morgan fingerprint density at radius 3 is 2.79 bits per heavy atom. The SMILES string of the molecule is CCCCC1=C[C@H]2C=C/C=C\[C@@H]1C=C2. The molecule has 0 heteroatoms. The first-order valence-electron chi connectivity index (χ1n) is 5.64. The highest BCUT2D eigenvalue weighted by atomic mass is 14.2. The first kappa shape index (κ1) is 9.51. The summed E-state index contributed by atoms with van der Waals surface area (Å²) in [5.41, 5.74) is 1.61. The van der Waals surface area contributed by atoms with Gasteiger partial charge in [-0.1, -0.05) is 61.4 Å². The van der Waals surface area contributed by atoms with Gasteiger partial charge in [-0.25, -0.2) is 0 Å². The lowest BCUT2D eigenvalue weighted by molar-refractivity contribution is 0.719. The first-order chi connectivity index (χ1) is 6.90. The van der Waals surface area contributed by atoms with Crippen molar-refractivity contribution < 1.29 is 0 Å². The first-order valence-corrected chi connectivity index (χ1v) is 5.64. The van der Waals surface area contributed by atoms with E-state index in [1.807, 2.05) is 0 Å². The molecule has 0 aliphatic heterocycles. The fourth-order valence-corrected chi connectivity index (χ4v) is 2.10. The van der Waals surface area contributed by atoms with Crippen LogP contribution in [0, 0.1) is 11.8 Å². The van der Waals surface area contributed by atoms with Crippen molar-refractivity contribution in [2.45, 2.75) is 26.2 Å². The molecule has 3 rings (SSSR count). The van der Waals surface area contributed by atoms with Gasteiger partial charge in [0.2, 0.25) is 0 Å². The van der Waals surface area contributed by atoms with E-state index >= 15 is 0 Å². The average molecular weight is 186 g/mol. The zero-order valence-electron chi connectivity index (χ0n) is 8.82. The van der Waals surface area contributed by atoms with Crippen LogP contribution in [0.25, 0.3) is 0 Å². The molecule has 0 aromatic rings. The Hall–Kier alpha value is -1.04. The van der Waals surface area contributed by atoms with E-state index in [4.69, 9.17) is 0 Å². The summed E-state index contributed by atoms with van der Waals surface area (Å²) in [6, 6.07) is 0. The lowest BCUT2D eigenvalue weighted by atomic mass is 9.84. The lowest BCUT2D eigenvalue weighted by Crippen LogP contribution is -2.07. The Kier molecular flexibility index (Phi) is 3.03. The van der Waals surface area contributed by atoms with E-state index in [1.165, 1.54) is 19.3 Å². The summed E-state index contributed by atoms with van der Waals surface area (Å²) < 4.78 is 0. The molecule has 0 spiro atoms. The fraction of sp³-hybridized carbons (Fsp3) is 0.429. The van der Waals surface area contributed by atoms with E-state index in [1.54, 1.807) is 5.57 Å². The smallest absolute Gasteiger partial charge is 0.0161 e. The number of hydrogen-bond donors (Lipinski definition) is 0. The molecule has 0 amide bonds. The molecule has 0 heterocycles. The van der Waals surface area contributed by atoms with Crippen LogP contribution in [-0.4, -0.2) is 0 Å². The largest absolute Gasteiger partial charge is 0.0769 e. The molecule has 3 aliphatic rings. The van der Waals surface area contributed by atoms with Crippen LogP contribution in [0.4, 0.5) is 0 Å². The number of allylic oxidation sites excluding steroid dienone is 8. The van der Waals surface area contributed by atoms with Crippen molar-refractivity contribution in [3.05, 3.63) is 48.1 Å². The van der Waals surface area contributed by atoms with Gasteiger partial charge in [0.15, 0.2) is 0 Å². The van der Waals surface area contributed by atoms with Crippen molar-refractivity contribution in [2.75, 3.05) is 0 Å². The van der Waals surface area contributed by atoms with E-state index in [0.717, 1.165) is 0 Å². The van der Waals surface area contributed by atoms with Crippen LogP contribution in [0.3, 0.4) is 0 Å². The minimum Gasteiger partial charge on any atom is -0.0769 e. The Morgan fingerprint density at radius 1 is 1.07 bits per heavy atom. The number of hydrogen-bond acceptors (Lipinski definition) is 0. The maximum absolute atomic E-state index is 2.43. The predicted octanol–water partition coefficient (Wildman–Crippen LogP) is 4.03. The normalized spacial score (nSPS) is 31.1. The van der Waals surface area contributed by atoms with Crippen LogP contribution in [0.15, 0.2) is 48.1 Å². The van der Waals surface area contributed by atoms with Gasteiger partial charge in [-0.3, -0.25) is 0 Å². The highest BCUT2D eigenvalue weighted by Gasteiger charge is 2.14. The molecule has 0 aromatic carbocycles. The molecule has 0 unspecified atom stereocenters. The van der Waals surface area contributed by atoms with Crippen LogP contribution in [0.2, 0.25) is 0 Å². The van der Waals surface area contributed by atoms with Crippen molar-refractivity contribution in [1.29, 1.82) is 0 Å². The van der Waals surface area contributed by atoms with Crippen LogP contribution in [0.1, 0.15) is 26.2 Å².